The molecule has 0 saturated heterocycles. The van der Waals surface area contributed by atoms with E-state index in [9.17, 15) is 14.8 Å². The fourth-order valence-electron chi connectivity index (χ4n) is 4.31. The Morgan fingerprint density at radius 1 is 1.00 bits per heavy atom. The number of tetrazole rings is 1. The van der Waals surface area contributed by atoms with Crippen molar-refractivity contribution in [3.05, 3.63) is 130 Å². The van der Waals surface area contributed by atoms with E-state index in [1.165, 1.54) is 24.1 Å². The van der Waals surface area contributed by atoms with Crippen molar-refractivity contribution in [1.82, 2.24) is 25.5 Å². The molecule has 0 fully saturated rings. The van der Waals surface area contributed by atoms with Gasteiger partial charge in [0.05, 0.1) is 5.69 Å². The predicted molar refractivity (Wildman–Crippen MR) is 145 cm³/mol. The summed E-state index contributed by atoms with van der Waals surface area (Å²) in [5.74, 6) is -0.440. The standard InChI is InChI=1S/C29H23ClN6O3/c1-19(37)21-7-9-22(10-8-21)29(38)32-26(15-20-5-3-2-4-6-20)28-13-11-23(17-36(28)39)25-16-24(30)12-14-27(25)35-18-31-33-34-35/h2-14,16-18,26H,15H2,1H3,(H,32,38). The van der Waals surface area contributed by atoms with Gasteiger partial charge in [-0.3, -0.25) is 9.59 Å². The van der Waals surface area contributed by atoms with E-state index in [4.69, 9.17) is 11.6 Å². The number of nitrogens with one attached hydrogen (secondary N) is 1. The van der Waals surface area contributed by atoms with Gasteiger partial charge in [-0.15, -0.1) is 5.10 Å². The average molecular weight is 539 g/mol. The van der Waals surface area contributed by atoms with Crippen molar-refractivity contribution in [2.45, 2.75) is 19.4 Å². The summed E-state index contributed by atoms with van der Waals surface area (Å²) in [6.07, 6.45) is 3.30. The van der Waals surface area contributed by atoms with E-state index in [0.29, 0.717) is 45.1 Å². The Morgan fingerprint density at radius 2 is 1.74 bits per heavy atom. The van der Waals surface area contributed by atoms with E-state index in [1.807, 2.05) is 30.3 Å². The lowest BCUT2D eigenvalue weighted by Crippen LogP contribution is -2.40. The third-order valence-corrected chi connectivity index (χ3v) is 6.54. The Bertz CT molecular complexity index is 1620. The first kappa shape index (κ1) is 25.7. The lowest BCUT2D eigenvalue weighted by Gasteiger charge is -2.19. The van der Waals surface area contributed by atoms with Crippen LogP contribution in [-0.4, -0.2) is 31.9 Å². The molecule has 2 aromatic heterocycles. The number of amides is 1. The molecule has 3 aromatic carbocycles. The molecule has 10 heteroatoms. The maximum absolute atomic E-state index is 13.4. The molecule has 1 amide bonds. The number of Topliss-reactive ketones (excluding diaryl/α,β-unsaturated/α-hetero) is 1. The van der Waals surface area contributed by atoms with Crippen LogP contribution < -0.4 is 10.0 Å². The van der Waals surface area contributed by atoms with Crippen molar-refractivity contribution in [1.29, 1.82) is 0 Å². The van der Waals surface area contributed by atoms with Crippen LogP contribution in [0.1, 0.15) is 44.9 Å². The highest BCUT2D eigenvalue weighted by molar-refractivity contribution is 6.31. The number of nitrogens with zero attached hydrogens (tertiary/aromatic N) is 5. The molecule has 0 aliphatic heterocycles. The largest absolute Gasteiger partial charge is 0.618 e. The summed E-state index contributed by atoms with van der Waals surface area (Å²) in [4.78, 5) is 24.8. The molecule has 2 heterocycles. The molecule has 0 radical (unpaired) electrons. The minimum Gasteiger partial charge on any atom is -0.618 e. The Morgan fingerprint density at radius 3 is 2.41 bits per heavy atom. The van der Waals surface area contributed by atoms with Gasteiger partial charge in [-0.2, -0.15) is 9.41 Å². The van der Waals surface area contributed by atoms with Gasteiger partial charge in [-0.25, -0.2) is 0 Å². The molecule has 1 N–H and O–H groups in total. The number of carbonyl (C=O) groups excluding carboxylic acids is 2. The first-order valence-corrected chi connectivity index (χ1v) is 12.5. The minimum atomic E-state index is -0.628. The minimum absolute atomic E-state index is 0.0839. The van der Waals surface area contributed by atoms with E-state index in [-0.39, 0.29) is 11.7 Å². The maximum atomic E-state index is 13.4. The fraction of sp³-hybridized carbons (Fsp3) is 0.103. The number of rotatable bonds is 8. The molecular weight excluding hydrogens is 516 g/mol. The zero-order valence-corrected chi connectivity index (χ0v) is 21.6. The zero-order valence-electron chi connectivity index (χ0n) is 20.9. The second-order valence-electron chi connectivity index (χ2n) is 8.93. The molecule has 0 spiro atoms. The molecule has 0 bridgehead atoms. The topological polar surface area (TPSA) is 117 Å². The Kier molecular flexibility index (Phi) is 7.42. The molecule has 1 atom stereocenters. The molecular formula is C29H23ClN6O3. The molecule has 1 unspecified atom stereocenters. The fourth-order valence-corrected chi connectivity index (χ4v) is 4.48. The van der Waals surface area contributed by atoms with Gasteiger partial charge in [-0.05, 0) is 59.3 Å². The average Bonchev–Trinajstić information content (AvgIpc) is 3.48. The second-order valence-corrected chi connectivity index (χ2v) is 9.37. The third-order valence-electron chi connectivity index (χ3n) is 6.31. The number of carbonyl (C=O) groups is 2. The van der Waals surface area contributed by atoms with Gasteiger partial charge in [0.1, 0.15) is 12.4 Å². The molecule has 194 valence electrons. The number of ketones is 1. The SMILES string of the molecule is CC(=O)c1ccc(C(=O)NC(Cc2ccccc2)c2ccc(-c3cc(Cl)ccc3-n3cnnn3)c[n+]2[O-])cc1. The van der Waals surface area contributed by atoms with E-state index in [0.717, 1.165) is 10.3 Å². The van der Waals surface area contributed by atoms with Crippen molar-refractivity contribution < 1.29 is 14.3 Å². The highest BCUT2D eigenvalue weighted by Gasteiger charge is 2.24. The summed E-state index contributed by atoms with van der Waals surface area (Å²) in [6, 6.07) is 24.1. The van der Waals surface area contributed by atoms with Crippen LogP contribution >= 0.6 is 11.6 Å². The van der Waals surface area contributed by atoms with E-state index in [1.54, 1.807) is 54.6 Å². The predicted octanol–water partition coefficient (Wildman–Crippen LogP) is 4.53. The highest BCUT2D eigenvalue weighted by atomic mass is 35.5. The van der Waals surface area contributed by atoms with Crippen molar-refractivity contribution in [2.24, 2.45) is 0 Å². The lowest BCUT2D eigenvalue weighted by molar-refractivity contribution is -0.615. The van der Waals surface area contributed by atoms with Gasteiger partial charge >= 0.3 is 0 Å². The summed E-state index contributed by atoms with van der Waals surface area (Å²) in [5, 5.41) is 28.2. The van der Waals surface area contributed by atoms with Gasteiger partial charge in [0.2, 0.25) is 5.69 Å². The van der Waals surface area contributed by atoms with Crippen LogP contribution in [0.4, 0.5) is 0 Å². The monoisotopic (exact) mass is 538 g/mol. The lowest BCUT2D eigenvalue weighted by atomic mass is 10.00. The van der Waals surface area contributed by atoms with Gasteiger partial charge in [0.15, 0.2) is 12.0 Å². The van der Waals surface area contributed by atoms with Crippen molar-refractivity contribution >= 4 is 23.3 Å². The molecule has 0 aliphatic carbocycles. The second kappa shape index (κ2) is 11.2. The molecule has 5 aromatic rings. The van der Waals surface area contributed by atoms with Crippen LogP contribution in [0, 0.1) is 5.21 Å². The summed E-state index contributed by atoms with van der Waals surface area (Å²) in [6.45, 7) is 1.47. The number of hydrogen-bond donors (Lipinski definition) is 1. The Hall–Kier alpha value is -4.89. The van der Waals surface area contributed by atoms with Crippen molar-refractivity contribution in [3.63, 3.8) is 0 Å². The van der Waals surface area contributed by atoms with Gasteiger partial charge in [0, 0.05) is 39.8 Å². The first-order valence-electron chi connectivity index (χ1n) is 12.1. The number of pyridine rings is 1. The van der Waals surface area contributed by atoms with Crippen LogP contribution in [0.15, 0.2) is 97.5 Å². The number of hydrogen-bond acceptors (Lipinski definition) is 6. The van der Waals surface area contributed by atoms with E-state index in [2.05, 4.69) is 20.8 Å². The van der Waals surface area contributed by atoms with Crippen molar-refractivity contribution in [3.8, 4) is 16.8 Å². The third kappa shape index (κ3) is 5.83. The van der Waals surface area contributed by atoms with Gasteiger partial charge in [0.25, 0.3) is 5.91 Å². The quantitative estimate of drug-likeness (QED) is 0.176. The number of halogens is 1. The smallest absolute Gasteiger partial charge is 0.251 e. The van der Waals surface area contributed by atoms with E-state index >= 15 is 0 Å². The van der Waals surface area contributed by atoms with Gasteiger partial charge in [-0.1, -0.05) is 54.1 Å². The summed E-state index contributed by atoms with van der Waals surface area (Å²) < 4.78 is 2.25. The Balaban J connectivity index is 1.49. The summed E-state index contributed by atoms with van der Waals surface area (Å²) in [7, 11) is 0. The molecule has 9 nitrogen and oxygen atoms in total. The maximum Gasteiger partial charge on any atom is 0.251 e. The number of aromatic nitrogens is 5. The first-order chi connectivity index (χ1) is 18.9. The summed E-state index contributed by atoms with van der Waals surface area (Å²) >= 11 is 6.27. The van der Waals surface area contributed by atoms with Crippen LogP contribution in [0.2, 0.25) is 5.02 Å². The summed E-state index contributed by atoms with van der Waals surface area (Å²) in [5.41, 5.74) is 4.14. The molecule has 0 saturated carbocycles. The van der Waals surface area contributed by atoms with Crippen LogP contribution in [0.3, 0.4) is 0 Å². The van der Waals surface area contributed by atoms with Crippen LogP contribution in [0.25, 0.3) is 16.8 Å². The van der Waals surface area contributed by atoms with Gasteiger partial charge < -0.3 is 10.5 Å². The van der Waals surface area contributed by atoms with Crippen molar-refractivity contribution in [2.75, 3.05) is 0 Å². The normalized spacial score (nSPS) is 11.6. The molecule has 5 rings (SSSR count). The van der Waals surface area contributed by atoms with E-state index < -0.39 is 6.04 Å². The highest BCUT2D eigenvalue weighted by Crippen LogP contribution is 2.29. The van der Waals surface area contributed by atoms with Crippen LogP contribution in [0.5, 0.6) is 0 Å². The number of benzene rings is 3. The Labute approximate surface area is 229 Å². The molecule has 0 aliphatic rings. The zero-order chi connectivity index (χ0) is 27.4. The van der Waals surface area contributed by atoms with Crippen LogP contribution in [-0.2, 0) is 6.42 Å². The molecule has 39 heavy (non-hydrogen) atoms.